The standard InChI is InChI=1S/C11H17N3O/c1-4-5-9(2)10(3)13-14-7-6-12-11(15)8-14/h4-5H,2,6-8H2,1,3H3,(H,12,15)/b5-4-,13-10+. The van der Waals surface area contributed by atoms with Gasteiger partial charge in [0.25, 0.3) is 0 Å². The van der Waals surface area contributed by atoms with Crippen LogP contribution in [0, 0.1) is 0 Å². The van der Waals surface area contributed by atoms with Crippen molar-refractivity contribution in [1.82, 2.24) is 10.3 Å². The average Bonchev–Trinajstić information content (AvgIpc) is 2.18. The smallest absolute Gasteiger partial charge is 0.241 e. The van der Waals surface area contributed by atoms with Gasteiger partial charge >= 0.3 is 0 Å². The minimum atomic E-state index is 0.0226. The molecule has 0 aliphatic carbocycles. The highest BCUT2D eigenvalue weighted by atomic mass is 16.2. The number of carbonyl (C=O) groups excluding carboxylic acids is 1. The molecule has 0 saturated carbocycles. The number of nitrogens with zero attached hydrogens (tertiary/aromatic N) is 2. The van der Waals surface area contributed by atoms with E-state index in [0.717, 1.165) is 17.8 Å². The lowest BCUT2D eigenvalue weighted by atomic mass is 10.2. The molecule has 0 aromatic rings. The van der Waals surface area contributed by atoms with Crippen LogP contribution in [0.5, 0.6) is 0 Å². The van der Waals surface area contributed by atoms with Gasteiger partial charge in [0.05, 0.1) is 12.3 Å². The number of hydrogen-bond donors (Lipinski definition) is 1. The van der Waals surface area contributed by atoms with E-state index < -0.39 is 0 Å². The molecule has 15 heavy (non-hydrogen) atoms. The molecule has 4 heteroatoms. The number of nitrogens with one attached hydrogen (secondary N) is 1. The lowest BCUT2D eigenvalue weighted by Crippen LogP contribution is -2.45. The highest BCUT2D eigenvalue weighted by Crippen LogP contribution is 2.01. The van der Waals surface area contributed by atoms with Crippen molar-refractivity contribution in [2.24, 2.45) is 5.10 Å². The number of hydrazone groups is 1. The summed E-state index contributed by atoms with van der Waals surface area (Å²) in [6, 6.07) is 0. The molecule has 0 aromatic carbocycles. The van der Waals surface area contributed by atoms with Gasteiger partial charge in [0.15, 0.2) is 0 Å². The number of hydrogen-bond acceptors (Lipinski definition) is 3. The summed E-state index contributed by atoms with van der Waals surface area (Å²) in [5.74, 6) is 0.0226. The highest BCUT2D eigenvalue weighted by molar-refractivity contribution is 6.00. The van der Waals surface area contributed by atoms with E-state index in [2.05, 4.69) is 17.0 Å². The second-order valence-electron chi connectivity index (χ2n) is 3.45. The van der Waals surface area contributed by atoms with Gasteiger partial charge in [-0.1, -0.05) is 18.7 Å². The summed E-state index contributed by atoms with van der Waals surface area (Å²) in [7, 11) is 0. The number of rotatable bonds is 3. The molecule has 1 fully saturated rings. The first kappa shape index (κ1) is 11.5. The molecule has 1 N–H and O–H groups in total. The molecule has 0 atom stereocenters. The highest BCUT2D eigenvalue weighted by Gasteiger charge is 2.14. The third-order valence-electron chi connectivity index (χ3n) is 2.14. The maximum atomic E-state index is 11.1. The topological polar surface area (TPSA) is 44.7 Å². The molecule has 1 amide bonds. The van der Waals surface area contributed by atoms with Crippen molar-refractivity contribution in [2.75, 3.05) is 19.6 Å². The van der Waals surface area contributed by atoms with E-state index in [0.29, 0.717) is 13.1 Å². The van der Waals surface area contributed by atoms with Crippen LogP contribution in [0.15, 0.2) is 29.4 Å². The van der Waals surface area contributed by atoms with Crippen molar-refractivity contribution in [3.05, 3.63) is 24.3 Å². The molecule has 0 aromatic heterocycles. The third kappa shape index (κ3) is 3.58. The van der Waals surface area contributed by atoms with E-state index in [1.165, 1.54) is 0 Å². The Bertz CT molecular complexity index is 318. The van der Waals surface area contributed by atoms with Crippen molar-refractivity contribution in [3.63, 3.8) is 0 Å². The lowest BCUT2D eigenvalue weighted by Gasteiger charge is -2.24. The molecule has 1 aliphatic rings. The number of piperazine rings is 1. The van der Waals surface area contributed by atoms with Crippen molar-refractivity contribution in [2.45, 2.75) is 13.8 Å². The van der Waals surface area contributed by atoms with Crippen LogP contribution in [0.3, 0.4) is 0 Å². The van der Waals surface area contributed by atoms with Gasteiger partial charge in [-0.25, -0.2) is 0 Å². The summed E-state index contributed by atoms with van der Waals surface area (Å²) < 4.78 is 0. The number of amides is 1. The molecule has 0 spiro atoms. The first-order valence-corrected chi connectivity index (χ1v) is 5.02. The van der Waals surface area contributed by atoms with E-state index in [-0.39, 0.29) is 5.91 Å². The average molecular weight is 207 g/mol. The van der Waals surface area contributed by atoms with Gasteiger partial charge in [-0.3, -0.25) is 9.80 Å². The molecular weight excluding hydrogens is 190 g/mol. The van der Waals surface area contributed by atoms with E-state index in [4.69, 9.17) is 0 Å². The molecule has 0 unspecified atom stereocenters. The summed E-state index contributed by atoms with van der Waals surface area (Å²) in [6.45, 7) is 9.47. The SMILES string of the molecule is C=C(/C=C\C)/C(C)=N/N1CCNC(=O)C1. The Balaban J connectivity index is 2.61. The van der Waals surface area contributed by atoms with Gasteiger partial charge in [-0.05, 0) is 19.4 Å². The first-order valence-electron chi connectivity index (χ1n) is 5.02. The largest absolute Gasteiger partial charge is 0.353 e. The summed E-state index contributed by atoms with van der Waals surface area (Å²) >= 11 is 0. The van der Waals surface area contributed by atoms with Crippen molar-refractivity contribution in [1.29, 1.82) is 0 Å². The maximum Gasteiger partial charge on any atom is 0.241 e. The quantitative estimate of drug-likeness (QED) is 0.552. The summed E-state index contributed by atoms with van der Waals surface area (Å²) in [4.78, 5) is 11.1. The summed E-state index contributed by atoms with van der Waals surface area (Å²) in [5.41, 5.74) is 1.73. The Hall–Kier alpha value is -1.58. The second-order valence-corrected chi connectivity index (χ2v) is 3.45. The first-order chi connectivity index (χ1) is 7.13. The molecule has 1 aliphatic heterocycles. The van der Waals surface area contributed by atoms with Crippen LogP contribution in [0.1, 0.15) is 13.8 Å². The van der Waals surface area contributed by atoms with Crippen LogP contribution in [-0.2, 0) is 4.79 Å². The van der Waals surface area contributed by atoms with Gasteiger partial charge in [0.1, 0.15) is 6.54 Å². The Morgan fingerprint density at radius 1 is 1.67 bits per heavy atom. The van der Waals surface area contributed by atoms with Crippen LogP contribution in [-0.4, -0.2) is 36.3 Å². The predicted octanol–water partition coefficient (Wildman–Crippen LogP) is 0.926. The Morgan fingerprint density at radius 2 is 2.40 bits per heavy atom. The molecule has 0 bridgehead atoms. The van der Waals surface area contributed by atoms with Crippen LogP contribution in [0.4, 0.5) is 0 Å². The fourth-order valence-corrected chi connectivity index (χ4v) is 1.31. The van der Waals surface area contributed by atoms with Gasteiger partial charge in [-0.2, -0.15) is 5.10 Å². The Kier molecular flexibility index (Phi) is 4.09. The molecule has 1 saturated heterocycles. The van der Waals surface area contributed by atoms with Crippen molar-refractivity contribution >= 4 is 11.6 Å². The molecule has 82 valence electrons. The van der Waals surface area contributed by atoms with E-state index in [9.17, 15) is 4.79 Å². The van der Waals surface area contributed by atoms with Gasteiger partial charge in [0.2, 0.25) is 5.91 Å². The number of allylic oxidation sites excluding steroid dienone is 3. The third-order valence-corrected chi connectivity index (χ3v) is 2.14. The zero-order chi connectivity index (χ0) is 11.3. The van der Waals surface area contributed by atoms with Crippen molar-refractivity contribution < 1.29 is 4.79 Å². The summed E-state index contributed by atoms with van der Waals surface area (Å²) in [5, 5.41) is 8.86. The summed E-state index contributed by atoms with van der Waals surface area (Å²) in [6.07, 6.45) is 3.83. The molecule has 1 heterocycles. The molecular formula is C11H17N3O. The van der Waals surface area contributed by atoms with E-state index in [1.807, 2.05) is 26.0 Å². The molecule has 4 nitrogen and oxygen atoms in total. The second kappa shape index (κ2) is 5.34. The number of carbonyl (C=O) groups is 1. The van der Waals surface area contributed by atoms with Crippen LogP contribution < -0.4 is 5.32 Å². The monoisotopic (exact) mass is 207 g/mol. The molecule has 1 rings (SSSR count). The zero-order valence-corrected chi connectivity index (χ0v) is 9.29. The van der Waals surface area contributed by atoms with Crippen LogP contribution in [0.2, 0.25) is 0 Å². The van der Waals surface area contributed by atoms with Gasteiger partial charge in [0, 0.05) is 6.54 Å². The van der Waals surface area contributed by atoms with Crippen LogP contribution in [0.25, 0.3) is 0 Å². The lowest BCUT2D eigenvalue weighted by molar-refractivity contribution is -0.124. The predicted molar refractivity (Wildman–Crippen MR) is 61.6 cm³/mol. The van der Waals surface area contributed by atoms with Crippen LogP contribution >= 0.6 is 0 Å². The van der Waals surface area contributed by atoms with E-state index in [1.54, 1.807) is 5.01 Å². The fourth-order valence-electron chi connectivity index (χ4n) is 1.31. The Morgan fingerprint density at radius 3 is 3.00 bits per heavy atom. The minimum Gasteiger partial charge on any atom is -0.353 e. The van der Waals surface area contributed by atoms with Gasteiger partial charge in [-0.15, -0.1) is 0 Å². The fraction of sp³-hybridized carbons (Fsp3) is 0.455. The normalized spacial score (nSPS) is 18.1. The molecule has 0 radical (unpaired) electrons. The maximum absolute atomic E-state index is 11.1. The Labute approximate surface area is 90.3 Å². The minimum absolute atomic E-state index is 0.0226. The van der Waals surface area contributed by atoms with E-state index >= 15 is 0 Å². The van der Waals surface area contributed by atoms with Gasteiger partial charge < -0.3 is 5.32 Å². The van der Waals surface area contributed by atoms with Crippen molar-refractivity contribution in [3.8, 4) is 0 Å². The zero-order valence-electron chi connectivity index (χ0n) is 9.29.